The summed E-state index contributed by atoms with van der Waals surface area (Å²) in [6.07, 6.45) is 9.19. The van der Waals surface area contributed by atoms with Crippen molar-refractivity contribution >= 4 is 29.4 Å². The lowest BCUT2D eigenvalue weighted by molar-refractivity contribution is -0.141. The Hall–Kier alpha value is -3.58. The zero-order chi connectivity index (χ0) is 26.8. The third-order valence-electron chi connectivity index (χ3n) is 6.57. The van der Waals surface area contributed by atoms with Gasteiger partial charge in [-0.15, -0.1) is 6.58 Å². The maximum Gasteiger partial charge on any atom is 0.330 e. The molecule has 0 amide bonds. The molecule has 0 saturated heterocycles. The molecule has 0 unspecified atom stereocenters. The van der Waals surface area contributed by atoms with Gasteiger partial charge in [-0.3, -0.25) is 4.79 Å². The summed E-state index contributed by atoms with van der Waals surface area (Å²) >= 11 is 0. The van der Waals surface area contributed by atoms with Gasteiger partial charge in [-0.25, -0.2) is 4.79 Å². The molecule has 3 rings (SSSR count). The zero-order valence-corrected chi connectivity index (χ0v) is 21.8. The fourth-order valence-corrected chi connectivity index (χ4v) is 4.37. The van der Waals surface area contributed by atoms with Crippen LogP contribution in [0, 0.1) is 5.92 Å². The minimum atomic E-state index is -0.468. The van der Waals surface area contributed by atoms with Gasteiger partial charge in [0.25, 0.3) is 0 Å². The van der Waals surface area contributed by atoms with Gasteiger partial charge in [-0.2, -0.15) is 0 Å². The number of hydrogen-bond acceptors (Lipinski definition) is 7. The summed E-state index contributed by atoms with van der Waals surface area (Å²) in [4.78, 5) is 24.8. The van der Waals surface area contributed by atoms with Crippen LogP contribution in [0.25, 0.3) is 6.08 Å². The Balaban J connectivity index is 1.44. The summed E-state index contributed by atoms with van der Waals surface area (Å²) in [5.74, 6) is -0.291. The zero-order valence-electron chi connectivity index (χ0n) is 21.8. The second-order valence-electron chi connectivity index (χ2n) is 10.1. The number of anilines is 2. The minimum Gasteiger partial charge on any atom is -0.462 e. The summed E-state index contributed by atoms with van der Waals surface area (Å²) in [5.41, 5.74) is 14.2. The molecule has 1 fully saturated rings. The lowest BCUT2D eigenvalue weighted by atomic mass is 9.84. The molecule has 0 aromatic heterocycles. The van der Waals surface area contributed by atoms with Gasteiger partial charge in [0.05, 0.1) is 18.6 Å². The van der Waals surface area contributed by atoms with E-state index in [0.717, 1.165) is 43.2 Å². The first-order chi connectivity index (χ1) is 17.7. The molecule has 0 heterocycles. The highest BCUT2D eigenvalue weighted by molar-refractivity contribution is 5.87. The molecule has 1 saturated carbocycles. The van der Waals surface area contributed by atoms with Crippen molar-refractivity contribution in [2.45, 2.75) is 57.5 Å². The van der Waals surface area contributed by atoms with Crippen LogP contribution in [0.3, 0.4) is 0 Å². The van der Waals surface area contributed by atoms with Crippen molar-refractivity contribution in [3.05, 3.63) is 72.3 Å². The molecule has 7 heteroatoms. The van der Waals surface area contributed by atoms with Crippen LogP contribution in [-0.2, 0) is 24.5 Å². The predicted octanol–water partition coefficient (Wildman–Crippen LogP) is 5.44. The summed E-state index contributed by atoms with van der Waals surface area (Å²) in [5, 5.41) is 0. The van der Waals surface area contributed by atoms with Crippen LogP contribution in [0.15, 0.2) is 61.2 Å². The Kier molecular flexibility index (Phi) is 9.92. The fraction of sp³-hybridized carbons (Fsp3) is 0.400. The Bertz CT molecular complexity index is 1100. The molecule has 1 aliphatic rings. The number of benzene rings is 2. The van der Waals surface area contributed by atoms with Crippen molar-refractivity contribution in [2.75, 3.05) is 24.7 Å². The lowest BCUT2D eigenvalue weighted by Gasteiger charge is -2.27. The molecule has 0 bridgehead atoms. The van der Waals surface area contributed by atoms with Crippen molar-refractivity contribution in [1.29, 1.82) is 0 Å². The van der Waals surface area contributed by atoms with Crippen LogP contribution < -0.4 is 16.2 Å². The van der Waals surface area contributed by atoms with Gasteiger partial charge in [-0.1, -0.05) is 38.1 Å². The maximum absolute atomic E-state index is 12.6. The smallest absolute Gasteiger partial charge is 0.330 e. The second kappa shape index (κ2) is 13.1. The molecule has 0 atom stereocenters. The molecule has 37 heavy (non-hydrogen) atoms. The van der Waals surface area contributed by atoms with Crippen molar-refractivity contribution < 1.29 is 23.8 Å². The van der Waals surface area contributed by atoms with Gasteiger partial charge in [0, 0.05) is 22.9 Å². The first-order valence-corrected chi connectivity index (χ1v) is 12.7. The largest absolute Gasteiger partial charge is 0.462 e. The number of hydrogen-bond donors (Lipinski definition) is 2. The Morgan fingerprint density at radius 1 is 1.05 bits per heavy atom. The topological polar surface area (TPSA) is 114 Å². The summed E-state index contributed by atoms with van der Waals surface area (Å²) in [7, 11) is 0. The van der Waals surface area contributed by atoms with Crippen LogP contribution in [0.4, 0.5) is 11.4 Å². The van der Waals surface area contributed by atoms with Gasteiger partial charge in [-0.05, 0) is 73.6 Å². The minimum absolute atomic E-state index is 0.110. The number of carbonyl (C=O) groups excluding carboxylic acids is 2. The molecule has 4 N–H and O–H groups in total. The van der Waals surface area contributed by atoms with E-state index >= 15 is 0 Å². The average Bonchev–Trinajstić information content (AvgIpc) is 2.87. The number of ether oxygens (including phenoxy) is 3. The number of nitrogen functional groups attached to an aromatic ring is 2. The van der Waals surface area contributed by atoms with Gasteiger partial charge >= 0.3 is 11.9 Å². The maximum atomic E-state index is 12.6. The fourth-order valence-electron chi connectivity index (χ4n) is 4.37. The van der Waals surface area contributed by atoms with Crippen LogP contribution in [0.5, 0.6) is 5.75 Å². The Morgan fingerprint density at radius 2 is 1.76 bits per heavy atom. The van der Waals surface area contributed by atoms with Crippen LogP contribution >= 0.6 is 0 Å². The molecule has 0 aliphatic heterocycles. The van der Waals surface area contributed by atoms with E-state index in [0.29, 0.717) is 23.7 Å². The third kappa shape index (κ3) is 8.50. The normalized spacial score (nSPS) is 17.9. The standard InChI is InChI=1S/C30H38N2O5/c1-4-5-18-35-24-14-9-22(10-15-24)29(34)37-25-12-6-21(7-13-25)8-17-28(33)36-20-30(2,3)26-16-11-23(31)19-27(26)32/h4,6-8,11-13,16-17,19,22,24H,1,5,9-10,14-15,18,20,31-32H2,2-3H3/b17-8+. The molecule has 1 aliphatic carbocycles. The van der Waals surface area contributed by atoms with Crippen molar-refractivity contribution in [2.24, 2.45) is 5.92 Å². The van der Waals surface area contributed by atoms with Crippen molar-refractivity contribution in [1.82, 2.24) is 0 Å². The number of carbonyl (C=O) groups is 2. The van der Waals surface area contributed by atoms with Crippen molar-refractivity contribution in [3.8, 4) is 5.75 Å². The van der Waals surface area contributed by atoms with E-state index in [9.17, 15) is 9.59 Å². The summed E-state index contributed by atoms with van der Waals surface area (Å²) in [6, 6.07) is 12.4. The van der Waals surface area contributed by atoms with Crippen molar-refractivity contribution in [3.63, 3.8) is 0 Å². The molecule has 2 aromatic rings. The quantitative estimate of drug-likeness (QED) is 0.104. The van der Waals surface area contributed by atoms with E-state index in [-0.39, 0.29) is 24.6 Å². The predicted molar refractivity (Wildman–Crippen MR) is 147 cm³/mol. The van der Waals surface area contributed by atoms with Gasteiger partial charge in [0.15, 0.2) is 0 Å². The molecule has 0 radical (unpaired) electrons. The molecule has 2 aromatic carbocycles. The first kappa shape index (κ1) is 28.0. The van der Waals surface area contributed by atoms with Crippen LogP contribution in [-0.4, -0.2) is 31.3 Å². The SMILES string of the molecule is C=CCCOC1CCC(C(=O)Oc2ccc(/C=C/C(=O)OCC(C)(C)c3ccc(N)cc3N)cc2)CC1. The lowest BCUT2D eigenvalue weighted by Crippen LogP contribution is -2.29. The number of nitrogens with two attached hydrogens (primary N) is 2. The Morgan fingerprint density at radius 3 is 2.41 bits per heavy atom. The Labute approximate surface area is 219 Å². The van der Waals surface area contributed by atoms with E-state index in [1.807, 2.05) is 26.0 Å². The molecule has 7 nitrogen and oxygen atoms in total. The van der Waals surface area contributed by atoms with Gasteiger partial charge < -0.3 is 25.7 Å². The van der Waals surface area contributed by atoms with Gasteiger partial charge in [0.1, 0.15) is 12.4 Å². The van der Waals surface area contributed by atoms with E-state index in [2.05, 4.69) is 6.58 Å². The second-order valence-corrected chi connectivity index (χ2v) is 10.1. The average molecular weight is 507 g/mol. The summed E-state index contributed by atoms with van der Waals surface area (Å²) in [6.45, 7) is 8.46. The van der Waals surface area contributed by atoms with E-state index in [4.69, 9.17) is 25.7 Å². The van der Waals surface area contributed by atoms with Crippen LogP contribution in [0.1, 0.15) is 57.1 Å². The summed E-state index contributed by atoms with van der Waals surface area (Å²) < 4.78 is 16.8. The van der Waals surface area contributed by atoms with Crippen LogP contribution in [0.2, 0.25) is 0 Å². The highest BCUT2D eigenvalue weighted by atomic mass is 16.5. The van der Waals surface area contributed by atoms with Gasteiger partial charge in [0.2, 0.25) is 0 Å². The highest BCUT2D eigenvalue weighted by Crippen LogP contribution is 2.30. The number of esters is 2. The molecular formula is C30H38N2O5. The van der Waals surface area contributed by atoms with E-state index < -0.39 is 11.4 Å². The van der Waals surface area contributed by atoms with E-state index in [1.54, 1.807) is 42.5 Å². The molecular weight excluding hydrogens is 468 g/mol. The monoisotopic (exact) mass is 506 g/mol. The number of rotatable bonds is 11. The molecule has 198 valence electrons. The highest BCUT2D eigenvalue weighted by Gasteiger charge is 2.28. The van der Waals surface area contributed by atoms with E-state index in [1.165, 1.54) is 6.08 Å². The molecule has 0 spiro atoms. The third-order valence-corrected chi connectivity index (χ3v) is 6.57. The first-order valence-electron chi connectivity index (χ1n) is 12.7.